The number of hydrogen-bond acceptors (Lipinski definition) is 3. The smallest absolute Gasteiger partial charge is 0.304 e. The molecule has 2 N–H and O–H groups in total. The van der Waals surface area contributed by atoms with Crippen molar-refractivity contribution in [3.05, 3.63) is 32.4 Å². The zero-order chi connectivity index (χ0) is 16.0. The van der Waals surface area contributed by atoms with Gasteiger partial charge in [0.2, 0.25) is 5.91 Å². The molecule has 1 amide bonds. The predicted octanol–water partition coefficient (Wildman–Crippen LogP) is 3.22. The van der Waals surface area contributed by atoms with E-state index in [1.165, 1.54) is 44.1 Å². The van der Waals surface area contributed by atoms with Crippen molar-refractivity contribution in [1.82, 2.24) is 10.3 Å². The Balaban J connectivity index is 1.43. The van der Waals surface area contributed by atoms with Gasteiger partial charge in [-0.3, -0.25) is 9.59 Å². The molecule has 1 aromatic heterocycles. The summed E-state index contributed by atoms with van der Waals surface area (Å²) in [6.07, 6.45) is 9.93. The molecule has 4 aliphatic rings. The SMILES string of the molecule is CC(=CC(=O)NCc1csc(=O)[nH]1)C12CC3CC(CC(C3)C1)C2. The molecule has 0 saturated heterocycles. The summed E-state index contributed by atoms with van der Waals surface area (Å²) in [6, 6.07) is 0. The van der Waals surface area contributed by atoms with E-state index in [9.17, 15) is 9.59 Å². The number of rotatable bonds is 4. The highest BCUT2D eigenvalue weighted by molar-refractivity contribution is 7.07. The van der Waals surface area contributed by atoms with Crippen LogP contribution in [0.4, 0.5) is 0 Å². The Hall–Kier alpha value is -1.36. The van der Waals surface area contributed by atoms with Gasteiger partial charge in [0.05, 0.1) is 6.54 Å². The summed E-state index contributed by atoms with van der Waals surface area (Å²) < 4.78 is 0. The van der Waals surface area contributed by atoms with Crippen molar-refractivity contribution in [2.24, 2.45) is 23.2 Å². The average molecular weight is 332 g/mol. The maximum absolute atomic E-state index is 12.3. The Bertz CT molecular complexity index is 665. The molecular formula is C18H24N2O2S. The fourth-order valence-corrected chi connectivity index (χ4v) is 6.16. The largest absolute Gasteiger partial charge is 0.347 e. The van der Waals surface area contributed by atoms with Crippen molar-refractivity contribution in [2.45, 2.75) is 52.0 Å². The number of hydrogen-bond donors (Lipinski definition) is 2. The molecule has 4 saturated carbocycles. The highest BCUT2D eigenvalue weighted by Crippen LogP contribution is 2.62. The second-order valence-corrected chi connectivity index (χ2v) is 8.76. The van der Waals surface area contributed by atoms with Crippen LogP contribution >= 0.6 is 11.3 Å². The molecule has 0 spiro atoms. The molecule has 4 nitrogen and oxygen atoms in total. The summed E-state index contributed by atoms with van der Waals surface area (Å²) in [5.74, 6) is 2.64. The summed E-state index contributed by atoms with van der Waals surface area (Å²) in [5, 5.41) is 4.66. The first-order chi connectivity index (χ1) is 11.0. The van der Waals surface area contributed by atoms with Gasteiger partial charge in [-0.15, -0.1) is 0 Å². The zero-order valence-electron chi connectivity index (χ0n) is 13.6. The van der Waals surface area contributed by atoms with E-state index in [1.54, 1.807) is 5.38 Å². The van der Waals surface area contributed by atoms with Crippen LogP contribution in [-0.4, -0.2) is 10.9 Å². The minimum absolute atomic E-state index is 0.0368. The maximum Gasteiger partial charge on any atom is 0.304 e. The zero-order valence-corrected chi connectivity index (χ0v) is 14.4. The van der Waals surface area contributed by atoms with Gasteiger partial charge in [-0.05, 0) is 68.6 Å². The standard InChI is InChI=1S/C18H24N2O2S/c1-11(2-16(21)19-9-15-10-23-17(22)20-15)18-6-12-3-13(7-18)5-14(4-12)8-18/h2,10,12-14H,3-9H2,1H3,(H,19,21)(H,20,22). The summed E-state index contributed by atoms with van der Waals surface area (Å²) >= 11 is 1.13. The minimum atomic E-state index is -0.0745. The number of nitrogens with one attached hydrogen (secondary N) is 2. The summed E-state index contributed by atoms with van der Waals surface area (Å²) in [7, 11) is 0. The van der Waals surface area contributed by atoms with Crippen LogP contribution in [0.1, 0.15) is 51.1 Å². The van der Waals surface area contributed by atoms with Gasteiger partial charge in [0.25, 0.3) is 0 Å². The number of aromatic nitrogens is 1. The molecular weight excluding hydrogens is 308 g/mol. The second-order valence-electron chi connectivity index (χ2n) is 7.92. The van der Waals surface area contributed by atoms with Crippen LogP contribution in [0.25, 0.3) is 0 Å². The fourth-order valence-electron chi connectivity index (χ4n) is 5.58. The van der Waals surface area contributed by atoms with Crippen molar-refractivity contribution in [1.29, 1.82) is 0 Å². The third-order valence-electron chi connectivity index (χ3n) is 6.25. The molecule has 1 aromatic rings. The number of carbonyl (C=O) groups excluding carboxylic acids is 1. The van der Waals surface area contributed by atoms with Gasteiger partial charge in [-0.25, -0.2) is 0 Å². The summed E-state index contributed by atoms with van der Waals surface area (Å²) in [4.78, 5) is 26.0. The molecule has 4 fully saturated rings. The van der Waals surface area contributed by atoms with Gasteiger partial charge in [0.1, 0.15) is 0 Å². The maximum atomic E-state index is 12.3. The second kappa shape index (κ2) is 5.62. The van der Waals surface area contributed by atoms with E-state index in [0.29, 0.717) is 12.0 Å². The number of thiazole rings is 1. The molecule has 0 atom stereocenters. The van der Waals surface area contributed by atoms with Gasteiger partial charge in [-0.1, -0.05) is 16.9 Å². The van der Waals surface area contributed by atoms with Gasteiger partial charge in [0, 0.05) is 17.2 Å². The molecule has 5 rings (SSSR count). The van der Waals surface area contributed by atoms with E-state index in [2.05, 4.69) is 17.2 Å². The van der Waals surface area contributed by atoms with Crippen molar-refractivity contribution < 1.29 is 4.79 Å². The fraction of sp³-hybridized carbons (Fsp3) is 0.667. The number of amides is 1. The van der Waals surface area contributed by atoms with Gasteiger partial charge >= 0.3 is 4.87 Å². The molecule has 0 aromatic carbocycles. The first kappa shape index (κ1) is 15.2. The lowest BCUT2D eigenvalue weighted by Gasteiger charge is -2.57. The highest BCUT2D eigenvalue weighted by Gasteiger charge is 2.51. The number of H-pyrrole nitrogens is 1. The molecule has 1 heterocycles. The first-order valence-electron chi connectivity index (χ1n) is 8.66. The molecule has 124 valence electrons. The van der Waals surface area contributed by atoms with E-state index in [4.69, 9.17) is 0 Å². The molecule has 0 radical (unpaired) electrons. The van der Waals surface area contributed by atoms with Crippen molar-refractivity contribution in [2.75, 3.05) is 0 Å². The van der Waals surface area contributed by atoms with Crippen molar-refractivity contribution >= 4 is 17.2 Å². The number of aromatic amines is 1. The molecule has 4 aliphatic carbocycles. The van der Waals surface area contributed by atoms with Crippen LogP contribution in [0.15, 0.2) is 21.8 Å². The Labute approximate surface area is 140 Å². The van der Waals surface area contributed by atoms with Gasteiger partial charge < -0.3 is 10.3 Å². The summed E-state index contributed by atoms with van der Waals surface area (Å²) in [5.41, 5.74) is 2.34. The molecule has 23 heavy (non-hydrogen) atoms. The summed E-state index contributed by atoms with van der Waals surface area (Å²) in [6.45, 7) is 2.54. The Morgan fingerprint density at radius 1 is 1.30 bits per heavy atom. The highest BCUT2D eigenvalue weighted by atomic mass is 32.1. The van der Waals surface area contributed by atoms with Crippen LogP contribution in [0.5, 0.6) is 0 Å². The van der Waals surface area contributed by atoms with E-state index in [1.807, 2.05) is 6.08 Å². The van der Waals surface area contributed by atoms with E-state index < -0.39 is 0 Å². The lowest BCUT2D eigenvalue weighted by Crippen LogP contribution is -2.46. The third kappa shape index (κ3) is 2.91. The Morgan fingerprint density at radius 3 is 2.43 bits per heavy atom. The van der Waals surface area contributed by atoms with Crippen LogP contribution in [0.2, 0.25) is 0 Å². The molecule has 0 unspecified atom stereocenters. The average Bonchev–Trinajstić information content (AvgIpc) is 2.89. The third-order valence-corrected chi connectivity index (χ3v) is 6.96. The van der Waals surface area contributed by atoms with E-state index >= 15 is 0 Å². The quantitative estimate of drug-likeness (QED) is 0.832. The lowest BCUT2D eigenvalue weighted by molar-refractivity contribution is -0.116. The molecule has 0 aliphatic heterocycles. The molecule has 4 bridgehead atoms. The van der Waals surface area contributed by atoms with Crippen LogP contribution in [-0.2, 0) is 11.3 Å². The lowest BCUT2D eigenvalue weighted by atomic mass is 9.48. The van der Waals surface area contributed by atoms with Crippen molar-refractivity contribution in [3.63, 3.8) is 0 Å². The first-order valence-corrected chi connectivity index (χ1v) is 9.54. The van der Waals surface area contributed by atoms with Gasteiger partial charge in [-0.2, -0.15) is 0 Å². The number of allylic oxidation sites excluding steroid dienone is 1. The topological polar surface area (TPSA) is 62.0 Å². The van der Waals surface area contributed by atoms with Crippen LogP contribution < -0.4 is 10.2 Å². The van der Waals surface area contributed by atoms with Gasteiger partial charge in [0.15, 0.2) is 0 Å². The molecule has 5 heteroatoms. The number of carbonyl (C=O) groups is 1. The van der Waals surface area contributed by atoms with Crippen molar-refractivity contribution in [3.8, 4) is 0 Å². The van der Waals surface area contributed by atoms with Crippen LogP contribution in [0, 0.1) is 23.2 Å². The Kier molecular flexibility index (Phi) is 3.71. The normalized spacial score (nSPS) is 35.5. The predicted molar refractivity (Wildman–Crippen MR) is 91.1 cm³/mol. The van der Waals surface area contributed by atoms with E-state index in [-0.39, 0.29) is 10.8 Å². The minimum Gasteiger partial charge on any atom is -0.347 e. The van der Waals surface area contributed by atoms with Crippen LogP contribution in [0.3, 0.4) is 0 Å². The monoisotopic (exact) mass is 332 g/mol. The van der Waals surface area contributed by atoms with E-state index in [0.717, 1.165) is 34.8 Å². The Morgan fingerprint density at radius 2 is 1.91 bits per heavy atom.